The highest BCUT2D eigenvalue weighted by molar-refractivity contribution is 6.33. The van der Waals surface area contributed by atoms with E-state index < -0.39 is 0 Å². The average Bonchev–Trinajstić information content (AvgIpc) is 2.36. The molecule has 0 spiro atoms. The van der Waals surface area contributed by atoms with E-state index >= 15 is 0 Å². The van der Waals surface area contributed by atoms with Gasteiger partial charge in [-0.3, -0.25) is 0 Å². The van der Waals surface area contributed by atoms with Crippen LogP contribution in [-0.2, 0) is 6.54 Å². The lowest BCUT2D eigenvalue weighted by atomic mass is 10.1. The molecule has 0 amide bonds. The van der Waals surface area contributed by atoms with Gasteiger partial charge in [-0.1, -0.05) is 39.3 Å². The minimum Gasteiger partial charge on any atom is -0.355 e. The molecule has 4 heteroatoms. The summed E-state index contributed by atoms with van der Waals surface area (Å²) < 4.78 is 0. The molecular weight excluding hydrogens is 270 g/mol. The first-order chi connectivity index (χ1) is 9.32. The van der Waals surface area contributed by atoms with E-state index in [1.54, 1.807) is 0 Å². The van der Waals surface area contributed by atoms with Crippen molar-refractivity contribution in [3.8, 4) is 0 Å². The number of anilines is 1. The summed E-state index contributed by atoms with van der Waals surface area (Å²) in [4.78, 5) is 6.68. The zero-order valence-corrected chi connectivity index (χ0v) is 14.3. The monoisotopic (exact) mass is 297 g/mol. The second-order valence-electron chi connectivity index (χ2n) is 6.27. The van der Waals surface area contributed by atoms with Crippen molar-refractivity contribution >= 4 is 17.4 Å². The first kappa shape index (κ1) is 17.3. The molecule has 1 heterocycles. The maximum atomic E-state index is 6.38. The maximum Gasteiger partial charge on any atom is 0.147 e. The summed E-state index contributed by atoms with van der Waals surface area (Å²) in [7, 11) is 2.05. The number of rotatable bonds is 7. The van der Waals surface area contributed by atoms with E-state index in [-0.39, 0.29) is 0 Å². The molecule has 0 aromatic carbocycles. The molecule has 0 radical (unpaired) electrons. The Morgan fingerprint density at radius 3 is 2.40 bits per heavy atom. The minimum absolute atomic E-state index is 0.407. The lowest BCUT2D eigenvalue weighted by Gasteiger charge is -2.29. The van der Waals surface area contributed by atoms with Crippen LogP contribution in [0.25, 0.3) is 0 Å². The van der Waals surface area contributed by atoms with E-state index in [1.807, 2.05) is 12.3 Å². The number of hydrogen-bond donors (Lipinski definition) is 1. The first-order valence-electron chi connectivity index (χ1n) is 7.40. The normalized spacial score (nSPS) is 13.1. The van der Waals surface area contributed by atoms with Crippen LogP contribution in [0.5, 0.6) is 0 Å². The Kier molecular flexibility index (Phi) is 6.77. The Morgan fingerprint density at radius 1 is 1.25 bits per heavy atom. The molecule has 1 unspecified atom stereocenters. The summed E-state index contributed by atoms with van der Waals surface area (Å²) in [5.74, 6) is 2.07. The van der Waals surface area contributed by atoms with E-state index in [1.165, 1.54) is 0 Å². The molecule has 1 N–H and O–H groups in total. The van der Waals surface area contributed by atoms with Crippen molar-refractivity contribution in [1.29, 1.82) is 0 Å². The topological polar surface area (TPSA) is 28.2 Å². The molecule has 1 atom stereocenters. The number of hydrogen-bond acceptors (Lipinski definition) is 3. The van der Waals surface area contributed by atoms with E-state index in [4.69, 9.17) is 11.6 Å². The highest BCUT2D eigenvalue weighted by Gasteiger charge is 2.17. The summed E-state index contributed by atoms with van der Waals surface area (Å²) in [6, 6.07) is 2.42. The van der Waals surface area contributed by atoms with Crippen LogP contribution in [0.3, 0.4) is 0 Å². The Labute approximate surface area is 128 Å². The summed E-state index contributed by atoms with van der Waals surface area (Å²) in [5, 5.41) is 4.13. The molecule has 0 aliphatic heterocycles. The second-order valence-corrected chi connectivity index (χ2v) is 6.68. The molecule has 0 aliphatic carbocycles. The van der Waals surface area contributed by atoms with Crippen molar-refractivity contribution in [1.82, 2.24) is 10.3 Å². The second kappa shape index (κ2) is 7.84. The highest BCUT2D eigenvalue weighted by atomic mass is 35.5. The van der Waals surface area contributed by atoms with Gasteiger partial charge in [0.15, 0.2) is 0 Å². The Bertz CT molecular complexity index is 418. The third-order valence-corrected chi connectivity index (χ3v) is 3.95. The summed E-state index contributed by atoms with van der Waals surface area (Å²) in [6.45, 7) is 12.8. The predicted molar refractivity (Wildman–Crippen MR) is 88.5 cm³/mol. The lowest BCUT2D eigenvalue weighted by Crippen LogP contribution is -2.34. The van der Waals surface area contributed by atoms with Crippen molar-refractivity contribution < 1.29 is 0 Å². The van der Waals surface area contributed by atoms with Gasteiger partial charge in [-0.15, -0.1) is 0 Å². The fourth-order valence-corrected chi connectivity index (χ4v) is 2.29. The molecule has 20 heavy (non-hydrogen) atoms. The van der Waals surface area contributed by atoms with Gasteiger partial charge in [-0.05, 0) is 36.9 Å². The number of aromatic nitrogens is 1. The molecule has 1 aromatic heterocycles. The molecule has 0 saturated heterocycles. The maximum absolute atomic E-state index is 6.38. The Morgan fingerprint density at radius 2 is 1.90 bits per heavy atom. The van der Waals surface area contributed by atoms with Crippen molar-refractivity contribution in [3.05, 3.63) is 22.8 Å². The highest BCUT2D eigenvalue weighted by Crippen LogP contribution is 2.26. The predicted octanol–water partition coefficient (Wildman–Crippen LogP) is 3.96. The molecule has 3 nitrogen and oxygen atoms in total. The van der Waals surface area contributed by atoms with Crippen molar-refractivity contribution in [2.24, 2.45) is 11.8 Å². The molecule has 0 bridgehead atoms. The van der Waals surface area contributed by atoms with E-state index in [9.17, 15) is 0 Å². The van der Waals surface area contributed by atoms with Gasteiger partial charge in [0.2, 0.25) is 0 Å². The molecule has 114 valence electrons. The van der Waals surface area contributed by atoms with Gasteiger partial charge < -0.3 is 10.2 Å². The molecule has 0 fully saturated rings. The first-order valence-corrected chi connectivity index (χ1v) is 7.78. The zero-order valence-electron chi connectivity index (χ0n) is 13.6. The standard InChI is InChI=1S/C16H28ClN3/c1-11(2)8-18-9-14-7-15(17)16(19-10-14)20(6)13(5)12(3)4/h7,10-13,18H,8-9H2,1-6H3. The fraction of sp³-hybridized carbons (Fsp3) is 0.688. The van der Waals surface area contributed by atoms with E-state index in [0.29, 0.717) is 17.9 Å². The van der Waals surface area contributed by atoms with Crippen LogP contribution in [0.15, 0.2) is 12.3 Å². The van der Waals surface area contributed by atoms with Crippen molar-refractivity contribution in [2.45, 2.75) is 47.2 Å². The summed E-state index contributed by atoms with van der Waals surface area (Å²) in [5.41, 5.74) is 1.13. The number of halogens is 1. The largest absolute Gasteiger partial charge is 0.355 e. The van der Waals surface area contributed by atoms with Gasteiger partial charge in [-0.2, -0.15) is 0 Å². The number of nitrogens with zero attached hydrogens (tertiary/aromatic N) is 2. The van der Waals surface area contributed by atoms with Crippen LogP contribution in [0.1, 0.15) is 40.2 Å². The Hall–Kier alpha value is -0.800. The molecule has 0 saturated carbocycles. The zero-order chi connectivity index (χ0) is 15.3. The average molecular weight is 298 g/mol. The van der Waals surface area contributed by atoms with Crippen LogP contribution < -0.4 is 10.2 Å². The van der Waals surface area contributed by atoms with E-state index in [2.05, 4.69) is 56.9 Å². The van der Waals surface area contributed by atoms with Crippen molar-refractivity contribution in [3.63, 3.8) is 0 Å². The van der Waals surface area contributed by atoms with Gasteiger partial charge >= 0.3 is 0 Å². The SMILES string of the molecule is CC(C)CNCc1cnc(N(C)C(C)C(C)C)c(Cl)c1. The minimum atomic E-state index is 0.407. The smallest absolute Gasteiger partial charge is 0.147 e. The van der Waals surface area contributed by atoms with Crippen LogP contribution in [0.2, 0.25) is 5.02 Å². The van der Waals surface area contributed by atoms with Gasteiger partial charge in [0, 0.05) is 25.8 Å². The van der Waals surface area contributed by atoms with Gasteiger partial charge in [0.05, 0.1) is 5.02 Å². The third kappa shape index (κ3) is 4.95. The molecule has 0 aliphatic rings. The quantitative estimate of drug-likeness (QED) is 0.825. The van der Waals surface area contributed by atoms with Crippen LogP contribution >= 0.6 is 11.6 Å². The van der Waals surface area contributed by atoms with Gasteiger partial charge in [0.1, 0.15) is 5.82 Å². The van der Waals surface area contributed by atoms with Crippen LogP contribution in [0, 0.1) is 11.8 Å². The summed E-state index contributed by atoms with van der Waals surface area (Å²) in [6.07, 6.45) is 1.91. The number of pyridine rings is 1. The lowest BCUT2D eigenvalue weighted by molar-refractivity contribution is 0.502. The Balaban J connectivity index is 2.72. The van der Waals surface area contributed by atoms with Gasteiger partial charge in [0.25, 0.3) is 0 Å². The summed E-state index contributed by atoms with van der Waals surface area (Å²) >= 11 is 6.38. The van der Waals surface area contributed by atoms with E-state index in [0.717, 1.165) is 29.5 Å². The fourth-order valence-electron chi connectivity index (χ4n) is 1.97. The van der Waals surface area contributed by atoms with Crippen molar-refractivity contribution in [2.75, 3.05) is 18.5 Å². The molecule has 1 rings (SSSR count). The number of nitrogens with one attached hydrogen (secondary N) is 1. The van der Waals surface area contributed by atoms with Crippen LogP contribution in [-0.4, -0.2) is 24.6 Å². The molecular formula is C16H28ClN3. The molecule has 1 aromatic rings. The third-order valence-electron chi connectivity index (χ3n) is 3.67. The van der Waals surface area contributed by atoms with Crippen LogP contribution in [0.4, 0.5) is 5.82 Å². The van der Waals surface area contributed by atoms with Gasteiger partial charge in [-0.25, -0.2) is 4.98 Å².